The number of hydrogen-bond acceptors (Lipinski definition) is 5. The van der Waals surface area contributed by atoms with Gasteiger partial charge in [0.2, 0.25) is 0 Å². The van der Waals surface area contributed by atoms with E-state index in [0.717, 1.165) is 0 Å². The molecule has 1 aromatic carbocycles. The Bertz CT molecular complexity index is 720. The van der Waals surface area contributed by atoms with Gasteiger partial charge in [0.1, 0.15) is 0 Å². The van der Waals surface area contributed by atoms with Gasteiger partial charge in [-0.3, -0.25) is 9.59 Å². The van der Waals surface area contributed by atoms with Crippen molar-refractivity contribution in [2.45, 2.75) is 18.9 Å². The third kappa shape index (κ3) is 5.67. The lowest BCUT2D eigenvalue weighted by atomic mass is 10.1. The topological polar surface area (TPSA) is 89.5 Å². The van der Waals surface area contributed by atoms with Crippen molar-refractivity contribution in [1.29, 1.82) is 0 Å². The molecule has 1 aliphatic heterocycles. The minimum absolute atomic E-state index is 0.0623. The predicted octanol–water partition coefficient (Wildman–Crippen LogP) is 1.38. The van der Waals surface area contributed by atoms with Gasteiger partial charge in [0.05, 0.1) is 17.9 Å². The fourth-order valence-corrected chi connectivity index (χ4v) is 4.34. The number of sulfone groups is 1. The molecule has 1 aliphatic rings. The van der Waals surface area contributed by atoms with Gasteiger partial charge in [0.25, 0.3) is 5.91 Å². The molecule has 0 aliphatic carbocycles. The van der Waals surface area contributed by atoms with E-state index in [9.17, 15) is 18.0 Å². The Balaban J connectivity index is 1.77. The van der Waals surface area contributed by atoms with E-state index in [1.54, 1.807) is 12.1 Å². The van der Waals surface area contributed by atoms with Crippen LogP contribution in [0, 0.1) is 0 Å². The monoisotopic (exact) mass is 379 g/mol. The van der Waals surface area contributed by atoms with Gasteiger partial charge in [-0.25, -0.2) is 8.42 Å². The number of esters is 1. The third-order valence-electron chi connectivity index (χ3n) is 3.31. The van der Waals surface area contributed by atoms with E-state index < -0.39 is 34.4 Å². The molecule has 1 N–H and O–H groups in total. The van der Waals surface area contributed by atoms with E-state index in [2.05, 4.69) is 5.32 Å². The number of rotatable bonds is 5. The number of benzene rings is 1. The van der Waals surface area contributed by atoms with Crippen molar-refractivity contribution >= 4 is 44.9 Å². The summed E-state index contributed by atoms with van der Waals surface area (Å²) in [5, 5.41) is 3.33. The fraction of sp³-hybridized carbons (Fsp3) is 0.429. The zero-order valence-electron chi connectivity index (χ0n) is 12.1. The molecule has 23 heavy (non-hydrogen) atoms. The normalized spacial score (nSPS) is 19.3. The molecule has 6 nitrogen and oxygen atoms in total. The third-order valence-corrected chi connectivity index (χ3v) is 5.67. The van der Waals surface area contributed by atoms with E-state index in [1.807, 2.05) is 0 Å². The van der Waals surface area contributed by atoms with E-state index in [4.69, 9.17) is 27.9 Å². The van der Waals surface area contributed by atoms with E-state index >= 15 is 0 Å². The summed E-state index contributed by atoms with van der Waals surface area (Å²) in [6.07, 6.45) is 0.295. The minimum atomic E-state index is -3.07. The van der Waals surface area contributed by atoms with E-state index in [-0.39, 0.29) is 17.9 Å². The van der Waals surface area contributed by atoms with Crippen LogP contribution in [-0.4, -0.2) is 44.4 Å². The number of hydrogen-bond donors (Lipinski definition) is 1. The summed E-state index contributed by atoms with van der Waals surface area (Å²) in [5.74, 6) is -1.15. The first-order chi connectivity index (χ1) is 10.7. The lowest BCUT2D eigenvalue weighted by molar-refractivity contribution is -0.148. The van der Waals surface area contributed by atoms with Crippen LogP contribution >= 0.6 is 23.2 Å². The van der Waals surface area contributed by atoms with Crippen molar-refractivity contribution in [3.05, 3.63) is 33.8 Å². The highest BCUT2D eigenvalue weighted by Crippen LogP contribution is 2.21. The molecule has 1 heterocycles. The van der Waals surface area contributed by atoms with Gasteiger partial charge in [-0.15, -0.1) is 0 Å². The highest BCUT2D eigenvalue weighted by Gasteiger charge is 2.29. The summed E-state index contributed by atoms with van der Waals surface area (Å²) >= 11 is 11.7. The molecule has 1 fully saturated rings. The number of ether oxygens (including phenoxy) is 1. The van der Waals surface area contributed by atoms with Crippen LogP contribution in [0.2, 0.25) is 10.0 Å². The van der Waals surface area contributed by atoms with Crippen LogP contribution in [-0.2, 0) is 30.6 Å². The Morgan fingerprint density at radius 1 is 1.30 bits per heavy atom. The first-order valence-corrected chi connectivity index (χ1v) is 9.42. The molecule has 0 bridgehead atoms. The predicted molar refractivity (Wildman–Crippen MR) is 86.3 cm³/mol. The lowest BCUT2D eigenvalue weighted by Gasteiger charge is -2.11. The maximum absolute atomic E-state index is 11.7. The molecule has 1 atom stereocenters. The van der Waals surface area contributed by atoms with Gasteiger partial charge >= 0.3 is 5.97 Å². The Labute approximate surface area is 144 Å². The Hall–Kier alpha value is -1.31. The van der Waals surface area contributed by atoms with Crippen molar-refractivity contribution in [2.75, 3.05) is 18.1 Å². The smallest absolute Gasteiger partial charge is 0.310 e. The van der Waals surface area contributed by atoms with Gasteiger partial charge in [0, 0.05) is 16.1 Å². The van der Waals surface area contributed by atoms with Crippen LogP contribution in [0.4, 0.5) is 0 Å². The largest absolute Gasteiger partial charge is 0.455 e. The quantitative estimate of drug-likeness (QED) is 0.780. The summed E-state index contributed by atoms with van der Waals surface area (Å²) in [4.78, 5) is 23.4. The van der Waals surface area contributed by atoms with Crippen molar-refractivity contribution < 1.29 is 22.7 Å². The average molecular weight is 380 g/mol. The van der Waals surface area contributed by atoms with Gasteiger partial charge in [-0.2, -0.15) is 0 Å². The van der Waals surface area contributed by atoms with Crippen LogP contribution in [0.5, 0.6) is 0 Å². The summed E-state index contributed by atoms with van der Waals surface area (Å²) in [5.41, 5.74) is 0.545. The Morgan fingerprint density at radius 2 is 2.04 bits per heavy atom. The Morgan fingerprint density at radius 3 is 2.65 bits per heavy atom. The summed E-state index contributed by atoms with van der Waals surface area (Å²) in [6.45, 7) is -0.458. The van der Waals surface area contributed by atoms with E-state index in [1.165, 1.54) is 6.07 Å². The lowest BCUT2D eigenvalue weighted by Crippen LogP contribution is -2.38. The minimum Gasteiger partial charge on any atom is -0.455 e. The fourth-order valence-electron chi connectivity index (χ4n) is 2.20. The SMILES string of the molecule is O=C(COC(=O)Cc1ccc(Cl)cc1Cl)N[C@@H]1CCS(=O)(=O)C1. The Kier molecular flexibility index (Phi) is 5.89. The van der Waals surface area contributed by atoms with Gasteiger partial charge < -0.3 is 10.1 Å². The first kappa shape index (κ1) is 18.0. The molecular weight excluding hydrogens is 365 g/mol. The molecular formula is C14H15Cl2NO5S. The molecule has 1 amide bonds. The maximum Gasteiger partial charge on any atom is 0.310 e. The van der Waals surface area contributed by atoms with Crippen molar-refractivity contribution in [3.8, 4) is 0 Å². The molecule has 0 unspecified atom stereocenters. The summed E-state index contributed by atoms with van der Waals surface area (Å²) < 4.78 is 27.4. The second-order valence-corrected chi connectivity index (χ2v) is 8.31. The second-order valence-electron chi connectivity index (χ2n) is 5.24. The zero-order valence-corrected chi connectivity index (χ0v) is 14.4. The van der Waals surface area contributed by atoms with Crippen LogP contribution < -0.4 is 5.32 Å². The van der Waals surface area contributed by atoms with Crippen molar-refractivity contribution in [2.24, 2.45) is 0 Å². The van der Waals surface area contributed by atoms with Crippen molar-refractivity contribution in [1.82, 2.24) is 5.32 Å². The summed E-state index contributed by atoms with van der Waals surface area (Å²) in [7, 11) is -3.07. The zero-order chi connectivity index (χ0) is 17.0. The molecule has 0 spiro atoms. The molecule has 0 aromatic heterocycles. The molecule has 2 rings (SSSR count). The van der Waals surface area contributed by atoms with Crippen LogP contribution in [0.3, 0.4) is 0 Å². The standard InChI is InChI=1S/C14H15Cl2NO5S/c15-10-2-1-9(12(16)6-10)5-14(19)22-7-13(18)17-11-3-4-23(20,21)8-11/h1-2,6,11H,3-5,7-8H2,(H,17,18)/t11-/m1/s1. The first-order valence-electron chi connectivity index (χ1n) is 6.84. The van der Waals surface area contributed by atoms with Gasteiger partial charge in [-0.1, -0.05) is 29.3 Å². The number of carbonyl (C=O) groups excluding carboxylic acids is 2. The van der Waals surface area contributed by atoms with E-state index in [0.29, 0.717) is 22.0 Å². The molecule has 1 aromatic rings. The molecule has 1 saturated heterocycles. The number of halogens is 2. The summed E-state index contributed by atoms with van der Waals surface area (Å²) in [6, 6.07) is 4.30. The van der Waals surface area contributed by atoms with Crippen LogP contribution in [0.15, 0.2) is 18.2 Å². The van der Waals surface area contributed by atoms with Crippen molar-refractivity contribution in [3.63, 3.8) is 0 Å². The highest BCUT2D eigenvalue weighted by molar-refractivity contribution is 7.91. The number of nitrogens with one attached hydrogen (secondary N) is 1. The number of amides is 1. The molecule has 9 heteroatoms. The maximum atomic E-state index is 11.7. The van der Waals surface area contributed by atoms with Gasteiger partial charge in [-0.05, 0) is 24.1 Å². The van der Waals surface area contributed by atoms with Crippen LogP contribution in [0.25, 0.3) is 0 Å². The average Bonchev–Trinajstić information content (AvgIpc) is 2.79. The number of carbonyl (C=O) groups is 2. The molecule has 0 saturated carbocycles. The second kappa shape index (κ2) is 7.51. The molecule has 0 radical (unpaired) electrons. The van der Waals surface area contributed by atoms with Crippen LogP contribution in [0.1, 0.15) is 12.0 Å². The van der Waals surface area contributed by atoms with Gasteiger partial charge in [0.15, 0.2) is 16.4 Å². The highest BCUT2D eigenvalue weighted by atomic mass is 35.5. The molecule has 126 valence electrons.